The molecule has 0 saturated heterocycles. The minimum atomic E-state index is -3.84. The standard InChI is InChI=1S/C19H22ClN3O5S/c1-14(19(24)21-12-4-5-15-8-10-16(20)11-9-15)22(29(2,27)28)17-6-3-7-18(13-17)23(25)26/h3,6-11,13-14H,4-5,12H2,1-2H3,(H,21,24). The summed E-state index contributed by atoms with van der Waals surface area (Å²) in [7, 11) is -3.84. The number of nitrogens with zero attached hydrogens (tertiary/aromatic N) is 2. The summed E-state index contributed by atoms with van der Waals surface area (Å²) in [5.41, 5.74) is 0.878. The van der Waals surface area contributed by atoms with Gasteiger partial charge in [-0.3, -0.25) is 19.2 Å². The van der Waals surface area contributed by atoms with Crippen LogP contribution in [-0.2, 0) is 21.2 Å². The van der Waals surface area contributed by atoms with Crippen LogP contribution in [0.2, 0.25) is 5.02 Å². The lowest BCUT2D eigenvalue weighted by atomic mass is 10.1. The van der Waals surface area contributed by atoms with Crippen LogP contribution in [0.3, 0.4) is 0 Å². The van der Waals surface area contributed by atoms with Crippen LogP contribution < -0.4 is 9.62 Å². The summed E-state index contributed by atoms with van der Waals surface area (Å²) in [6.07, 6.45) is 2.35. The van der Waals surface area contributed by atoms with Gasteiger partial charge in [-0.25, -0.2) is 8.42 Å². The van der Waals surface area contributed by atoms with Crippen molar-refractivity contribution in [2.24, 2.45) is 0 Å². The van der Waals surface area contributed by atoms with Gasteiger partial charge in [-0.05, 0) is 43.5 Å². The first-order valence-electron chi connectivity index (χ1n) is 8.85. The van der Waals surface area contributed by atoms with Crippen molar-refractivity contribution in [3.63, 3.8) is 0 Å². The van der Waals surface area contributed by atoms with Crippen molar-refractivity contribution in [1.29, 1.82) is 0 Å². The van der Waals surface area contributed by atoms with Crippen molar-refractivity contribution in [3.8, 4) is 0 Å². The zero-order valence-corrected chi connectivity index (χ0v) is 17.6. The Morgan fingerprint density at radius 3 is 2.48 bits per heavy atom. The summed E-state index contributed by atoms with van der Waals surface area (Å²) in [6, 6.07) is 11.5. The maximum Gasteiger partial charge on any atom is 0.271 e. The first kappa shape index (κ1) is 22.6. The van der Waals surface area contributed by atoms with Gasteiger partial charge in [0.25, 0.3) is 5.69 Å². The fourth-order valence-corrected chi connectivity index (χ4v) is 4.15. The molecule has 2 rings (SSSR count). The van der Waals surface area contributed by atoms with Crippen molar-refractivity contribution >= 4 is 38.9 Å². The molecule has 2 aromatic carbocycles. The summed E-state index contributed by atoms with van der Waals surface area (Å²) < 4.78 is 25.4. The van der Waals surface area contributed by atoms with E-state index in [0.29, 0.717) is 18.0 Å². The lowest BCUT2D eigenvalue weighted by Gasteiger charge is -2.28. The predicted molar refractivity (Wildman–Crippen MR) is 113 cm³/mol. The summed E-state index contributed by atoms with van der Waals surface area (Å²) in [6.45, 7) is 1.80. The zero-order valence-electron chi connectivity index (χ0n) is 16.0. The minimum absolute atomic E-state index is 0.0607. The van der Waals surface area contributed by atoms with E-state index in [-0.39, 0.29) is 11.4 Å². The van der Waals surface area contributed by atoms with Crippen molar-refractivity contribution in [3.05, 3.63) is 69.2 Å². The molecule has 10 heteroatoms. The van der Waals surface area contributed by atoms with Gasteiger partial charge in [0.05, 0.1) is 16.9 Å². The Balaban J connectivity index is 2.04. The number of sulfonamides is 1. The second-order valence-corrected chi connectivity index (χ2v) is 8.83. The van der Waals surface area contributed by atoms with Crippen LogP contribution in [0.4, 0.5) is 11.4 Å². The van der Waals surface area contributed by atoms with Gasteiger partial charge in [0, 0.05) is 23.7 Å². The number of nitro benzene ring substituents is 1. The summed E-state index contributed by atoms with van der Waals surface area (Å²) >= 11 is 5.85. The normalized spacial score (nSPS) is 12.2. The third-order valence-electron chi connectivity index (χ3n) is 4.24. The molecular weight excluding hydrogens is 418 g/mol. The number of benzene rings is 2. The summed E-state index contributed by atoms with van der Waals surface area (Å²) in [5, 5.41) is 14.4. The quantitative estimate of drug-likeness (QED) is 0.366. The molecule has 0 saturated carbocycles. The van der Waals surface area contributed by atoms with E-state index in [1.54, 1.807) is 12.1 Å². The van der Waals surface area contributed by atoms with Gasteiger partial charge in [-0.1, -0.05) is 29.8 Å². The molecule has 0 aliphatic rings. The highest BCUT2D eigenvalue weighted by Crippen LogP contribution is 2.25. The molecule has 0 aliphatic heterocycles. The smallest absolute Gasteiger partial charge is 0.271 e. The molecule has 156 valence electrons. The molecule has 8 nitrogen and oxygen atoms in total. The van der Waals surface area contributed by atoms with E-state index in [4.69, 9.17) is 11.6 Å². The van der Waals surface area contributed by atoms with E-state index in [0.717, 1.165) is 28.6 Å². The van der Waals surface area contributed by atoms with E-state index in [2.05, 4.69) is 5.32 Å². The lowest BCUT2D eigenvalue weighted by Crippen LogP contribution is -2.48. The molecule has 29 heavy (non-hydrogen) atoms. The maximum atomic E-state index is 12.5. The molecule has 0 fully saturated rings. The Morgan fingerprint density at radius 1 is 1.24 bits per heavy atom. The second-order valence-electron chi connectivity index (χ2n) is 6.53. The highest BCUT2D eigenvalue weighted by Gasteiger charge is 2.29. The van der Waals surface area contributed by atoms with Gasteiger partial charge in [-0.15, -0.1) is 0 Å². The third kappa shape index (κ3) is 6.43. The number of aryl methyl sites for hydroxylation is 1. The average Bonchev–Trinajstić information content (AvgIpc) is 2.65. The van der Waals surface area contributed by atoms with Crippen LogP contribution in [0.1, 0.15) is 18.9 Å². The Morgan fingerprint density at radius 2 is 1.90 bits per heavy atom. The van der Waals surface area contributed by atoms with Gasteiger partial charge in [0.2, 0.25) is 15.9 Å². The average molecular weight is 440 g/mol. The number of amides is 1. The minimum Gasteiger partial charge on any atom is -0.354 e. The van der Waals surface area contributed by atoms with Crippen LogP contribution in [0.5, 0.6) is 0 Å². The van der Waals surface area contributed by atoms with Crippen LogP contribution in [0.15, 0.2) is 48.5 Å². The molecule has 0 heterocycles. The van der Waals surface area contributed by atoms with Gasteiger partial charge in [0.15, 0.2) is 0 Å². The first-order chi connectivity index (χ1) is 13.6. The van der Waals surface area contributed by atoms with E-state index in [1.165, 1.54) is 25.1 Å². The SMILES string of the molecule is CC(C(=O)NCCCc1ccc(Cl)cc1)N(c1cccc([N+](=O)[O-])c1)S(C)(=O)=O. The summed E-state index contributed by atoms with van der Waals surface area (Å²) in [4.78, 5) is 22.9. The van der Waals surface area contributed by atoms with Crippen LogP contribution in [0, 0.1) is 10.1 Å². The Bertz CT molecular complexity index is 980. The fourth-order valence-electron chi connectivity index (χ4n) is 2.86. The topological polar surface area (TPSA) is 110 Å². The van der Waals surface area contributed by atoms with Gasteiger partial charge in [0.1, 0.15) is 6.04 Å². The molecule has 1 amide bonds. The molecular formula is C19H22ClN3O5S. The van der Waals surface area contributed by atoms with Crippen LogP contribution >= 0.6 is 11.6 Å². The Hall–Kier alpha value is -2.65. The lowest BCUT2D eigenvalue weighted by molar-refractivity contribution is -0.384. The molecule has 2 aromatic rings. The second kappa shape index (κ2) is 9.71. The number of nitro groups is 1. The van der Waals surface area contributed by atoms with Gasteiger partial charge in [-0.2, -0.15) is 0 Å². The molecule has 1 unspecified atom stereocenters. The predicted octanol–water partition coefficient (Wildman–Crippen LogP) is 3.15. The highest BCUT2D eigenvalue weighted by atomic mass is 35.5. The maximum absolute atomic E-state index is 12.5. The van der Waals surface area contributed by atoms with Gasteiger partial charge < -0.3 is 5.32 Å². The van der Waals surface area contributed by atoms with E-state index in [1.807, 2.05) is 12.1 Å². The number of non-ortho nitro benzene ring substituents is 1. The molecule has 0 spiro atoms. The Kier molecular flexibility index (Phi) is 7.58. The number of nitrogens with one attached hydrogen (secondary N) is 1. The van der Waals surface area contributed by atoms with E-state index in [9.17, 15) is 23.3 Å². The molecule has 1 N–H and O–H groups in total. The number of anilines is 1. The third-order valence-corrected chi connectivity index (χ3v) is 5.73. The number of rotatable bonds is 9. The largest absolute Gasteiger partial charge is 0.354 e. The molecule has 0 radical (unpaired) electrons. The number of halogens is 1. The highest BCUT2D eigenvalue weighted by molar-refractivity contribution is 7.92. The Labute approximate surface area is 174 Å². The number of hydrogen-bond acceptors (Lipinski definition) is 5. The van der Waals surface area contributed by atoms with Crippen LogP contribution in [-0.4, -0.2) is 38.1 Å². The monoisotopic (exact) mass is 439 g/mol. The molecule has 0 aliphatic carbocycles. The van der Waals surface area contributed by atoms with E-state index < -0.39 is 26.9 Å². The molecule has 0 aromatic heterocycles. The van der Waals surface area contributed by atoms with Crippen molar-refractivity contribution < 1.29 is 18.1 Å². The van der Waals surface area contributed by atoms with E-state index >= 15 is 0 Å². The van der Waals surface area contributed by atoms with Crippen molar-refractivity contribution in [2.45, 2.75) is 25.8 Å². The zero-order chi connectivity index (χ0) is 21.6. The molecule has 0 bridgehead atoms. The van der Waals surface area contributed by atoms with Crippen molar-refractivity contribution in [2.75, 3.05) is 17.1 Å². The number of hydrogen-bond donors (Lipinski definition) is 1. The number of carbonyl (C=O) groups is 1. The van der Waals surface area contributed by atoms with Gasteiger partial charge >= 0.3 is 0 Å². The van der Waals surface area contributed by atoms with Crippen LogP contribution in [0.25, 0.3) is 0 Å². The number of carbonyl (C=O) groups excluding carboxylic acids is 1. The summed E-state index contributed by atoms with van der Waals surface area (Å²) in [5.74, 6) is -0.488. The fraction of sp³-hybridized carbons (Fsp3) is 0.316. The first-order valence-corrected chi connectivity index (χ1v) is 11.1. The molecule has 1 atom stereocenters. The van der Waals surface area contributed by atoms with Crippen molar-refractivity contribution in [1.82, 2.24) is 5.32 Å².